The molecule has 0 spiro atoms. The first-order valence-corrected chi connectivity index (χ1v) is 10.7. The maximum Gasteiger partial charge on any atom is 0.135 e. The minimum Gasteiger partial charge on any atom is -0.456 e. The van der Waals surface area contributed by atoms with Gasteiger partial charge in [0.2, 0.25) is 0 Å². The summed E-state index contributed by atoms with van der Waals surface area (Å²) in [5.74, 6) is 1.86. The second-order valence-electron chi connectivity index (χ2n) is 6.61. The van der Waals surface area contributed by atoms with Crippen molar-refractivity contribution in [1.82, 2.24) is 0 Å². The van der Waals surface area contributed by atoms with Gasteiger partial charge in [-0.3, -0.25) is 0 Å². The summed E-state index contributed by atoms with van der Waals surface area (Å²) >= 11 is 0. The fraction of sp³-hybridized carbons (Fsp3) is 0.120. The van der Waals surface area contributed by atoms with Crippen LogP contribution in [0.25, 0.3) is 0 Å². The third kappa shape index (κ3) is 4.04. The lowest BCUT2D eigenvalue weighted by atomic mass is 10.2. The maximum absolute atomic E-state index is 6.40. The van der Waals surface area contributed by atoms with E-state index in [0.29, 0.717) is 0 Å². The molecular formula is C25H23OP. The predicted molar refractivity (Wildman–Crippen MR) is 117 cm³/mol. The zero-order chi connectivity index (χ0) is 18.5. The zero-order valence-electron chi connectivity index (χ0n) is 15.5. The summed E-state index contributed by atoms with van der Waals surface area (Å²) in [6.07, 6.45) is 9.22. The second-order valence-corrected chi connectivity index (χ2v) is 8.80. The van der Waals surface area contributed by atoms with Crippen LogP contribution in [0.1, 0.15) is 18.4 Å². The Morgan fingerprint density at radius 1 is 0.741 bits per heavy atom. The van der Waals surface area contributed by atoms with E-state index < -0.39 is 7.92 Å². The summed E-state index contributed by atoms with van der Waals surface area (Å²) in [5, 5.41) is 4.02. The summed E-state index contributed by atoms with van der Waals surface area (Å²) in [6, 6.07) is 27.5. The molecule has 0 aliphatic heterocycles. The Kier molecular flexibility index (Phi) is 5.51. The lowest BCUT2D eigenvalue weighted by molar-refractivity contribution is 0.483. The van der Waals surface area contributed by atoms with Gasteiger partial charge in [0.1, 0.15) is 11.5 Å². The number of hydrogen-bond acceptors (Lipinski definition) is 1. The molecule has 0 radical (unpaired) electrons. The highest BCUT2D eigenvalue weighted by Crippen LogP contribution is 2.47. The van der Waals surface area contributed by atoms with Crippen molar-refractivity contribution in [3.8, 4) is 11.5 Å². The van der Waals surface area contributed by atoms with Crippen molar-refractivity contribution in [2.75, 3.05) is 0 Å². The lowest BCUT2D eigenvalue weighted by Gasteiger charge is -2.24. The number of benzene rings is 3. The van der Waals surface area contributed by atoms with E-state index in [4.69, 9.17) is 4.74 Å². The van der Waals surface area contributed by atoms with Crippen LogP contribution in [-0.2, 0) is 0 Å². The van der Waals surface area contributed by atoms with Crippen LogP contribution in [0.3, 0.4) is 0 Å². The first-order valence-electron chi connectivity index (χ1n) is 9.37. The molecule has 134 valence electrons. The molecule has 0 N–H and O–H groups in total. The standard InChI is InChI=1S/C25H23OP/c1-20-12-8-9-17-23(20)26-24-18-10-11-19-25(24)27(21-13-4-2-5-14-21)22-15-6-3-7-16-22/h2,4-6,8-19H,3,7H2,1H3. The van der Waals surface area contributed by atoms with E-state index in [1.54, 1.807) is 0 Å². The van der Waals surface area contributed by atoms with Gasteiger partial charge in [-0.25, -0.2) is 0 Å². The van der Waals surface area contributed by atoms with E-state index in [1.165, 1.54) is 15.9 Å². The highest BCUT2D eigenvalue weighted by atomic mass is 31.1. The van der Waals surface area contributed by atoms with Gasteiger partial charge in [-0.2, -0.15) is 0 Å². The van der Waals surface area contributed by atoms with Crippen LogP contribution < -0.4 is 15.3 Å². The molecule has 0 bridgehead atoms. The zero-order valence-corrected chi connectivity index (χ0v) is 16.4. The molecule has 1 atom stereocenters. The van der Waals surface area contributed by atoms with Gasteiger partial charge in [-0.1, -0.05) is 85.0 Å². The molecule has 0 saturated carbocycles. The molecule has 0 fully saturated rings. The van der Waals surface area contributed by atoms with Gasteiger partial charge in [0.05, 0.1) is 0 Å². The van der Waals surface area contributed by atoms with Crippen LogP contribution in [0.4, 0.5) is 0 Å². The number of rotatable bonds is 5. The maximum atomic E-state index is 6.40. The first-order chi connectivity index (χ1) is 13.3. The summed E-state index contributed by atoms with van der Waals surface area (Å²) in [4.78, 5) is 0. The van der Waals surface area contributed by atoms with Gasteiger partial charge in [0.25, 0.3) is 0 Å². The number of hydrogen-bond donors (Lipinski definition) is 0. The SMILES string of the molecule is Cc1ccccc1Oc1ccccc1P(C1=CCCC=C1)c1ccccc1. The normalized spacial score (nSPS) is 14.5. The fourth-order valence-electron chi connectivity index (χ4n) is 3.29. The van der Waals surface area contributed by atoms with Crippen molar-refractivity contribution in [2.45, 2.75) is 19.8 Å². The van der Waals surface area contributed by atoms with Gasteiger partial charge in [-0.05, 0) is 56.0 Å². The fourth-order valence-corrected chi connectivity index (χ4v) is 5.75. The van der Waals surface area contributed by atoms with E-state index >= 15 is 0 Å². The Bertz CT molecular complexity index is 972. The molecule has 1 aliphatic rings. The Labute approximate surface area is 162 Å². The highest BCUT2D eigenvalue weighted by Gasteiger charge is 2.22. The summed E-state index contributed by atoms with van der Waals surface area (Å²) in [6.45, 7) is 2.09. The molecule has 1 unspecified atom stereocenters. The van der Waals surface area contributed by atoms with Crippen molar-refractivity contribution in [1.29, 1.82) is 0 Å². The largest absolute Gasteiger partial charge is 0.456 e. The average molecular weight is 370 g/mol. The van der Waals surface area contributed by atoms with Crippen molar-refractivity contribution in [3.63, 3.8) is 0 Å². The van der Waals surface area contributed by atoms with Gasteiger partial charge in [0, 0.05) is 5.30 Å². The number of allylic oxidation sites excluding steroid dienone is 4. The smallest absolute Gasteiger partial charge is 0.135 e. The van der Waals surface area contributed by atoms with Crippen LogP contribution in [-0.4, -0.2) is 0 Å². The summed E-state index contributed by atoms with van der Waals surface area (Å²) in [7, 11) is -0.646. The Morgan fingerprint density at radius 2 is 1.44 bits per heavy atom. The third-order valence-electron chi connectivity index (χ3n) is 4.67. The second kappa shape index (κ2) is 8.37. The molecule has 3 aromatic rings. The van der Waals surface area contributed by atoms with Crippen molar-refractivity contribution in [3.05, 3.63) is 108 Å². The molecule has 0 saturated heterocycles. The van der Waals surface area contributed by atoms with Crippen LogP contribution in [0.15, 0.2) is 102 Å². The minimum absolute atomic E-state index is 0.646. The molecule has 4 rings (SSSR count). The summed E-state index contributed by atoms with van der Waals surface area (Å²) in [5.41, 5.74) is 1.15. The third-order valence-corrected chi connectivity index (χ3v) is 7.18. The van der Waals surface area contributed by atoms with E-state index in [9.17, 15) is 0 Å². The first kappa shape index (κ1) is 17.8. The van der Waals surface area contributed by atoms with Crippen molar-refractivity contribution in [2.24, 2.45) is 0 Å². The van der Waals surface area contributed by atoms with Crippen molar-refractivity contribution >= 4 is 18.5 Å². The van der Waals surface area contributed by atoms with Gasteiger partial charge < -0.3 is 4.74 Å². The predicted octanol–water partition coefficient (Wildman–Crippen LogP) is 6.45. The molecule has 1 aliphatic carbocycles. The number of ether oxygens (including phenoxy) is 1. The van der Waals surface area contributed by atoms with Crippen molar-refractivity contribution < 1.29 is 4.74 Å². The molecule has 1 nitrogen and oxygen atoms in total. The minimum atomic E-state index is -0.646. The van der Waals surface area contributed by atoms with Gasteiger partial charge in [-0.15, -0.1) is 0 Å². The quantitative estimate of drug-likeness (QED) is 0.469. The van der Waals surface area contributed by atoms with Gasteiger partial charge in [0.15, 0.2) is 0 Å². The molecule has 27 heavy (non-hydrogen) atoms. The monoisotopic (exact) mass is 370 g/mol. The lowest BCUT2D eigenvalue weighted by Crippen LogP contribution is -2.15. The molecular weight excluding hydrogens is 347 g/mol. The van der Waals surface area contributed by atoms with E-state index in [1.807, 2.05) is 18.2 Å². The van der Waals surface area contributed by atoms with Crippen LogP contribution in [0.5, 0.6) is 11.5 Å². The Morgan fingerprint density at radius 3 is 2.19 bits per heavy atom. The Hall–Kier alpha value is -2.63. The Balaban J connectivity index is 1.80. The molecule has 2 heteroatoms. The summed E-state index contributed by atoms with van der Waals surface area (Å²) < 4.78 is 6.40. The number of para-hydroxylation sites is 2. The van der Waals surface area contributed by atoms with E-state index in [-0.39, 0.29) is 0 Å². The molecule has 0 amide bonds. The molecule has 3 aromatic carbocycles. The average Bonchev–Trinajstić information content (AvgIpc) is 2.73. The van der Waals surface area contributed by atoms with E-state index in [2.05, 4.69) is 85.8 Å². The van der Waals surface area contributed by atoms with Gasteiger partial charge >= 0.3 is 0 Å². The molecule has 0 aromatic heterocycles. The van der Waals surface area contributed by atoms with Crippen LogP contribution in [0, 0.1) is 6.92 Å². The highest BCUT2D eigenvalue weighted by molar-refractivity contribution is 7.77. The number of aryl methyl sites for hydroxylation is 1. The topological polar surface area (TPSA) is 9.23 Å². The van der Waals surface area contributed by atoms with E-state index in [0.717, 1.165) is 29.9 Å². The van der Waals surface area contributed by atoms with Crippen LogP contribution in [0.2, 0.25) is 0 Å². The molecule has 0 heterocycles. The van der Waals surface area contributed by atoms with Crippen LogP contribution >= 0.6 is 7.92 Å².